The van der Waals surface area contributed by atoms with E-state index in [9.17, 15) is 9.90 Å². The van der Waals surface area contributed by atoms with Crippen molar-refractivity contribution in [3.63, 3.8) is 0 Å². The van der Waals surface area contributed by atoms with Crippen LogP contribution in [0, 0.1) is 11.8 Å². The number of methoxy groups -OCH3 is 1. The van der Waals surface area contributed by atoms with Crippen LogP contribution in [-0.2, 0) is 4.79 Å². The predicted octanol–water partition coefficient (Wildman–Crippen LogP) is 3.10. The van der Waals surface area contributed by atoms with E-state index in [0.717, 1.165) is 16.6 Å². The fourth-order valence-corrected chi connectivity index (χ4v) is 4.07. The van der Waals surface area contributed by atoms with Crippen LogP contribution < -0.4 is 25.8 Å². The van der Waals surface area contributed by atoms with Gasteiger partial charge in [-0.2, -0.15) is 0 Å². The minimum absolute atomic E-state index is 0.143. The van der Waals surface area contributed by atoms with Crippen molar-refractivity contribution in [3.8, 4) is 29.1 Å². The van der Waals surface area contributed by atoms with Gasteiger partial charge in [0.2, 0.25) is 5.91 Å². The van der Waals surface area contributed by atoms with Crippen LogP contribution in [0.15, 0.2) is 73.1 Å². The van der Waals surface area contributed by atoms with Crippen molar-refractivity contribution in [3.05, 3.63) is 78.6 Å². The van der Waals surface area contributed by atoms with Gasteiger partial charge in [0.15, 0.2) is 11.5 Å². The Morgan fingerprint density at radius 3 is 2.73 bits per heavy atom. The van der Waals surface area contributed by atoms with E-state index in [1.165, 1.54) is 6.33 Å². The van der Waals surface area contributed by atoms with Crippen molar-refractivity contribution < 1.29 is 19.4 Å². The zero-order valence-electron chi connectivity index (χ0n) is 20.1. The highest BCUT2D eigenvalue weighted by Gasteiger charge is 2.38. The Kier molecular flexibility index (Phi) is 6.60. The standard InChI is InChI=1S/C28H25N5O4/c1-36-25-14-19(8-10-24(25)37-20-5-3-2-4-6-20)33-27-21-13-18(7-9-22(21)31-17-32-27)11-12-28(35)15-23(26(29)34)30-16-28/h2-10,13-14,17,23,30,35H,15-16H2,1H3,(H2,29,34)(H,31,32,33). The monoisotopic (exact) mass is 495 g/mol. The van der Waals surface area contributed by atoms with Crippen molar-refractivity contribution in [2.24, 2.45) is 5.73 Å². The molecule has 0 aliphatic carbocycles. The normalized spacial score (nSPS) is 18.6. The Hall–Kier alpha value is -4.65. The van der Waals surface area contributed by atoms with Crippen LogP contribution in [0.5, 0.6) is 17.2 Å². The maximum Gasteiger partial charge on any atom is 0.234 e. The molecule has 9 nitrogen and oxygen atoms in total. The summed E-state index contributed by atoms with van der Waals surface area (Å²) in [6.07, 6.45) is 1.63. The molecule has 1 aliphatic rings. The number of aliphatic hydroxyl groups is 1. The lowest BCUT2D eigenvalue weighted by Gasteiger charge is -2.14. The highest BCUT2D eigenvalue weighted by Crippen LogP contribution is 2.35. The van der Waals surface area contributed by atoms with E-state index in [4.69, 9.17) is 15.2 Å². The number of para-hydroxylation sites is 1. The maximum atomic E-state index is 11.4. The second-order valence-corrected chi connectivity index (χ2v) is 8.68. The van der Waals surface area contributed by atoms with Gasteiger partial charge in [0.25, 0.3) is 0 Å². The molecule has 2 unspecified atom stereocenters. The van der Waals surface area contributed by atoms with Gasteiger partial charge in [-0.3, -0.25) is 4.79 Å². The number of ether oxygens (including phenoxy) is 2. The zero-order valence-corrected chi connectivity index (χ0v) is 20.1. The summed E-state index contributed by atoms with van der Waals surface area (Å²) < 4.78 is 11.5. The number of amides is 1. The number of hydrogen-bond acceptors (Lipinski definition) is 8. The summed E-state index contributed by atoms with van der Waals surface area (Å²) in [6, 6.07) is 19.9. The number of β-amino-alcohol motifs (C(OH)–C–C–N with tert-alkyl or cyclic N) is 1. The molecule has 1 fully saturated rings. The van der Waals surface area contributed by atoms with E-state index in [-0.39, 0.29) is 13.0 Å². The minimum Gasteiger partial charge on any atom is -0.493 e. The molecule has 3 aromatic carbocycles. The van der Waals surface area contributed by atoms with Crippen molar-refractivity contribution in [1.29, 1.82) is 0 Å². The van der Waals surface area contributed by atoms with Gasteiger partial charge in [-0.15, -0.1) is 0 Å². The highest BCUT2D eigenvalue weighted by molar-refractivity contribution is 5.91. The van der Waals surface area contributed by atoms with Crippen molar-refractivity contribution in [2.45, 2.75) is 18.1 Å². The van der Waals surface area contributed by atoms with Gasteiger partial charge in [0.05, 0.1) is 18.7 Å². The van der Waals surface area contributed by atoms with Crippen LogP contribution in [0.1, 0.15) is 12.0 Å². The molecule has 0 saturated carbocycles. The first kappa shape index (κ1) is 24.1. The zero-order chi connectivity index (χ0) is 25.8. The lowest BCUT2D eigenvalue weighted by Crippen LogP contribution is -2.36. The van der Waals surface area contributed by atoms with Crippen LogP contribution in [-0.4, -0.2) is 46.3 Å². The van der Waals surface area contributed by atoms with E-state index in [0.29, 0.717) is 28.6 Å². The molecule has 5 N–H and O–H groups in total. The first-order chi connectivity index (χ1) is 17.9. The number of fused-ring (bicyclic) bond motifs is 1. The summed E-state index contributed by atoms with van der Waals surface area (Å²) in [5, 5.41) is 17.7. The summed E-state index contributed by atoms with van der Waals surface area (Å²) in [5.41, 5.74) is 6.15. The van der Waals surface area contributed by atoms with Crippen LogP contribution in [0.3, 0.4) is 0 Å². The van der Waals surface area contributed by atoms with E-state index in [2.05, 4.69) is 32.4 Å². The Labute approximate surface area is 213 Å². The molecule has 186 valence electrons. The molecule has 1 saturated heterocycles. The molecule has 0 spiro atoms. The lowest BCUT2D eigenvalue weighted by molar-refractivity contribution is -0.119. The van der Waals surface area contributed by atoms with Gasteiger partial charge < -0.3 is 30.9 Å². The fraction of sp³-hybridized carbons (Fsp3) is 0.179. The number of carbonyl (C=O) groups is 1. The number of anilines is 2. The molecule has 9 heteroatoms. The molecular formula is C28H25N5O4. The first-order valence-electron chi connectivity index (χ1n) is 11.6. The van der Waals surface area contributed by atoms with E-state index < -0.39 is 17.6 Å². The summed E-state index contributed by atoms with van der Waals surface area (Å²) in [5.74, 6) is 7.82. The summed E-state index contributed by atoms with van der Waals surface area (Å²) in [6.45, 7) is 0.170. The van der Waals surface area contributed by atoms with Crippen molar-refractivity contribution in [2.75, 3.05) is 19.0 Å². The molecule has 0 bridgehead atoms. The number of primary amides is 1. The Morgan fingerprint density at radius 1 is 1.14 bits per heavy atom. The number of carbonyl (C=O) groups excluding carboxylic acids is 1. The first-order valence-corrected chi connectivity index (χ1v) is 11.6. The molecule has 5 rings (SSSR count). The molecule has 2 atom stereocenters. The molecule has 0 radical (unpaired) electrons. The second kappa shape index (κ2) is 10.1. The van der Waals surface area contributed by atoms with E-state index in [1.54, 1.807) is 7.11 Å². The average Bonchev–Trinajstić information content (AvgIpc) is 3.32. The number of rotatable bonds is 6. The van der Waals surface area contributed by atoms with Crippen LogP contribution in [0.25, 0.3) is 10.9 Å². The second-order valence-electron chi connectivity index (χ2n) is 8.68. The quantitative estimate of drug-likeness (QED) is 0.300. The Morgan fingerprint density at radius 2 is 1.97 bits per heavy atom. The third-order valence-electron chi connectivity index (χ3n) is 6.00. The molecule has 2 heterocycles. The Bertz CT molecular complexity index is 1520. The summed E-state index contributed by atoms with van der Waals surface area (Å²) in [4.78, 5) is 20.2. The molecule has 1 aromatic heterocycles. The number of hydrogen-bond donors (Lipinski definition) is 4. The van der Waals surface area contributed by atoms with Crippen LogP contribution in [0.2, 0.25) is 0 Å². The number of aromatic nitrogens is 2. The molecule has 1 amide bonds. The third kappa shape index (κ3) is 5.46. The summed E-state index contributed by atoms with van der Waals surface area (Å²) in [7, 11) is 1.58. The van der Waals surface area contributed by atoms with Crippen molar-refractivity contribution in [1.82, 2.24) is 15.3 Å². The van der Waals surface area contributed by atoms with Crippen molar-refractivity contribution >= 4 is 28.3 Å². The molecule has 1 aliphatic heterocycles. The molecule has 37 heavy (non-hydrogen) atoms. The average molecular weight is 496 g/mol. The largest absolute Gasteiger partial charge is 0.493 e. The molecule has 4 aromatic rings. The van der Waals surface area contributed by atoms with Crippen LogP contribution >= 0.6 is 0 Å². The Balaban J connectivity index is 1.40. The lowest BCUT2D eigenvalue weighted by atomic mass is 10.00. The van der Waals surface area contributed by atoms with Gasteiger partial charge in [-0.25, -0.2) is 9.97 Å². The predicted molar refractivity (Wildman–Crippen MR) is 140 cm³/mol. The smallest absolute Gasteiger partial charge is 0.234 e. The number of nitrogens with zero attached hydrogens (tertiary/aromatic N) is 2. The van der Waals surface area contributed by atoms with Gasteiger partial charge in [0, 0.05) is 35.7 Å². The van der Waals surface area contributed by atoms with E-state index >= 15 is 0 Å². The van der Waals surface area contributed by atoms with Gasteiger partial charge in [-0.1, -0.05) is 30.0 Å². The maximum absolute atomic E-state index is 11.4. The SMILES string of the molecule is COc1cc(Nc2ncnc3ccc(C#CC4(O)CNC(C(N)=O)C4)cc23)ccc1Oc1ccccc1. The third-order valence-corrected chi connectivity index (χ3v) is 6.00. The number of nitrogens with two attached hydrogens (primary N) is 1. The minimum atomic E-state index is -1.33. The molecular weight excluding hydrogens is 470 g/mol. The van der Waals surface area contributed by atoms with Gasteiger partial charge in [0.1, 0.15) is 23.5 Å². The number of nitrogens with one attached hydrogen (secondary N) is 2. The number of benzene rings is 3. The highest BCUT2D eigenvalue weighted by atomic mass is 16.5. The topological polar surface area (TPSA) is 132 Å². The fourth-order valence-electron chi connectivity index (χ4n) is 4.07. The van der Waals surface area contributed by atoms with Gasteiger partial charge >= 0.3 is 0 Å². The summed E-state index contributed by atoms with van der Waals surface area (Å²) >= 11 is 0. The van der Waals surface area contributed by atoms with E-state index in [1.807, 2.05) is 66.7 Å². The van der Waals surface area contributed by atoms with Crippen LogP contribution in [0.4, 0.5) is 11.5 Å². The van der Waals surface area contributed by atoms with Gasteiger partial charge in [-0.05, 0) is 42.5 Å².